The summed E-state index contributed by atoms with van der Waals surface area (Å²) in [7, 11) is 1.83. The second kappa shape index (κ2) is 5.85. The van der Waals surface area contributed by atoms with Crippen LogP contribution in [0.4, 0.5) is 0 Å². The Balaban J connectivity index is 2.48. The number of ether oxygens (including phenoxy) is 1. The van der Waals surface area contributed by atoms with Crippen LogP contribution in [-0.2, 0) is 7.05 Å². The number of nitrogens with two attached hydrogens (primary N) is 1. The Morgan fingerprint density at radius 2 is 2.00 bits per heavy atom. The van der Waals surface area contributed by atoms with E-state index >= 15 is 0 Å². The van der Waals surface area contributed by atoms with Gasteiger partial charge in [0.05, 0.1) is 11.3 Å². The summed E-state index contributed by atoms with van der Waals surface area (Å²) in [4.78, 5) is 0.299. The van der Waals surface area contributed by atoms with Crippen molar-refractivity contribution in [2.24, 2.45) is 12.8 Å². The van der Waals surface area contributed by atoms with E-state index in [1.165, 1.54) is 5.56 Å². The maximum atomic E-state index is 6.08. The Hall–Kier alpha value is -1.88. The summed E-state index contributed by atoms with van der Waals surface area (Å²) in [5.41, 5.74) is 9.56. The average Bonchev–Trinajstić information content (AvgIpc) is 2.66. The fraction of sp³-hybridized carbons (Fsp3) is 0.375. The number of hydrogen-bond donors (Lipinski definition) is 1. The first kappa shape index (κ1) is 15.5. The monoisotopic (exact) mass is 303 g/mol. The Morgan fingerprint density at radius 3 is 2.57 bits per heavy atom. The molecule has 0 spiro atoms. The van der Waals surface area contributed by atoms with E-state index in [0.29, 0.717) is 22.3 Å². The van der Waals surface area contributed by atoms with Crippen molar-refractivity contribution in [2.45, 2.75) is 33.6 Å². The first-order valence-electron chi connectivity index (χ1n) is 6.93. The minimum Gasteiger partial charge on any atom is -0.438 e. The summed E-state index contributed by atoms with van der Waals surface area (Å²) in [6.07, 6.45) is 0. The highest BCUT2D eigenvalue weighted by molar-refractivity contribution is 7.80. The van der Waals surface area contributed by atoms with E-state index in [9.17, 15) is 0 Å². The molecule has 1 aromatic heterocycles. The highest BCUT2D eigenvalue weighted by Crippen LogP contribution is 2.31. The minimum absolute atomic E-state index is 0.299. The standard InChI is InChI=1S/C16H21N3OS/c1-9(2)12-7-6-10(3)13(8-12)20-16-14(15(17)21)11(4)18-19(16)5/h6-9H,1-5H3,(H2,17,21). The molecule has 1 aromatic carbocycles. The Kier molecular flexibility index (Phi) is 4.32. The second-order valence-electron chi connectivity index (χ2n) is 5.54. The van der Waals surface area contributed by atoms with Crippen LogP contribution in [0.2, 0.25) is 0 Å². The van der Waals surface area contributed by atoms with Gasteiger partial charge in [0.15, 0.2) is 0 Å². The zero-order valence-electron chi connectivity index (χ0n) is 13.1. The number of benzene rings is 1. The summed E-state index contributed by atoms with van der Waals surface area (Å²) < 4.78 is 7.75. The van der Waals surface area contributed by atoms with Gasteiger partial charge < -0.3 is 10.5 Å². The Labute approximate surface area is 130 Å². The number of aryl methyl sites for hydroxylation is 3. The van der Waals surface area contributed by atoms with E-state index in [1.807, 2.05) is 20.9 Å². The molecule has 0 bridgehead atoms. The fourth-order valence-corrected chi connectivity index (χ4v) is 2.46. The smallest absolute Gasteiger partial charge is 0.228 e. The van der Waals surface area contributed by atoms with Crippen molar-refractivity contribution < 1.29 is 4.74 Å². The number of nitrogens with zero attached hydrogens (tertiary/aromatic N) is 2. The molecule has 1 heterocycles. The maximum absolute atomic E-state index is 6.08. The van der Waals surface area contributed by atoms with Crippen molar-refractivity contribution in [1.29, 1.82) is 0 Å². The van der Waals surface area contributed by atoms with Gasteiger partial charge in [0.2, 0.25) is 5.88 Å². The lowest BCUT2D eigenvalue weighted by Gasteiger charge is -2.13. The molecule has 0 aliphatic carbocycles. The number of rotatable bonds is 4. The maximum Gasteiger partial charge on any atom is 0.228 e. The molecule has 0 radical (unpaired) electrons. The fourth-order valence-electron chi connectivity index (χ4n) is 2.23. The first-order valence-corrected chi connectivity index (χ1v) is 7.34. The molecule has 0 saturated carbocycles. The highest BCUT2D eigenvalue weighted by Gasteiger charge is 2.18. The molecule has 0 saturated heterocycles. The number of hydrogen-bond acceptors (Lipinski definition) is 3. The molecule has 2 aromatic rings. The summed E-state index contributed by atoms with van der Waals surface area (Å²) in [5, 5.41) is 4.34. The zero-order chi connectivity index (χ0) is 15.7. The second-order valence-corrected chi connectivity index (χ2v) is 5.97. The van der Waals surface area contributed by atoms with Gasteiger partial charge in [-0.2, -0.15) is 5.10 Å². The molecule has 0 fully saturated rings. The normalized spacial score (nSPS) is 11.0. The highest BCUT2D eigenvalue weighted by atomic mass is 32.1. The quantitative estimate of drug-likeness (QED) is 0.877. The summed E-state index contributed by atoms with van der Waals surface area (Å²) in [6, 6.07) is 6.25. The molecule has 0 aliphatic rings. The third-order valence-corrected chi connectivity index (χ3v) is 3.71. The number of aromatic nitrogens is 2. The lowest BCUT2D eigenvalue weighted by molar-refractivity contribution is 0.426. The van der Waals surface area contributed by atoms with Crippen LogP contribution in [0.25, 0.3) is 0 Å². The molecule has 2 N–H and O–H groups in total. The van der Waals surface area contributed by atoms with Crippen LogP contribution in [0.5, 0.6) is 11.6 Å². The summed E-state index contributed by atoms with van der Waals surface area (Å²) in [6.45, 7) is 8.20. The van der Waals surface area contributed by atoms with Crippen molar-refractivity contribution in [2.75, 3.05) is 0 Å². The van der Waals surface area contributed by atoms with Crippen molar-refractivity contribution in [3.05, 3.63) is 40.6 Å². The molecule has 4 nitrogen and oxygen atoms in total. The molecule has 0 atom stereocenters. The van der Waals surface area contributed by atoms with Gasteiger partial charge in [-0.05, 0) is 37.0 Å². The first-order chi connectivity index (χ1) is 9.81. The summed E-state index contributed by atoms with van der Waals surface area (Å²) in [5.74, 6) is 1.84. The largest absolute Gasteiger partial charge is 0.438 e. The van der Waals surface area contributed by atoms with E-state index in [-0.39, 0.29) is 0 Å². The van der Waals surface area contributed by atoms with Crippen LogP contribution in [0.3, 0.4) is 0 Å². The van der Waals surface area contributed by atoms with Gasteiger partial charge in [-0.25, -0.2) is 4.68 Å². The topological polar surface area (TPSA) is 53.1 Å². The molecule has 112 valence electrons. The predicted molar refractivity (Wildman–Crippen MR) is 89.2 cm³/mol. The number of thiocarbonyl (C=S) groups is 1. The molecule has 0 amide bonds. The van der Waals surface area contributed by atoms with E-state index < -0.39 is 0 Å². The van der Waals surface area contributed by atoms with Gasteiger partial charge in [-0.1, -0.05) is 38.2 Å². The third kappa shape index (κ3) is 3.08. The molecule has 21 heavy (non-hydrogen) atoms. The van der Waals surface area contributed by atoms with Crippen LogP contribution in [-0.4, -0.2) is 14.8 Å². The van der Waals surface area contributed by atoms with Gasteiger partial charge in [-0.15, -0.1) is 0 Å². The van der Waals surface area contributed by atoms with Crippen LogP contribution < -0.4 is 10.5 Å². The zero-order valence-corrected chi connectivity index (χ0v) is 13.9. The van der Waals surface area contributed by atoms with Crippen molar-refractivity contribution in [1.82, 2.24) is 9.78 Å². The van der Waals surface area contributed by atoms with Crippen LogP contribution >= 0.6 is 12.2 Å². The van der Waals surface area contributed by atoms with Gasteiger partial charge >= 0.3 is 0 Å². The van der Waals surface area contributed by atoms with E-state index in [1.54, 1.807) is 4.68 Å². The van der Waals surface area contributed by atoms with E-state index in [2.05, 4.69) is 37.1 Å². The minimum atomic E-state index is 0.299. The van der Waals surface area contributed by atoms with Gasteiger partial charge in [0.1, 0.15) is 10.7 Å². The van der Waals surface area contributed by atoms with E-state index in [0.717, 1.165) is 17.0 Å². The van der Waals surface area contributed by atoms with Gasteiger partial charge in [0, 0.05) is 7.05 Å². The lowest BCUT2D eigenvalue weighted by Crippen LogP contribution is -2.11. The Bertz CT molecular complexity index is 689. The lowest BCUT2D eigenvalue weighted by atomic mass is 10.0. The predicted octanol–water partition coefficient (Wildman–Crippen LogP) is 3.59. The molecule has 5 heteroatoms. The summed E-state index contributed by atoms with van der Waals surface area (Å²) >= 11 is 5.11. The average molecular weight is 303 g/mol. The third-order valence-electron chi connectivity index (χ3n) is 3.50. The van der Waals surface area contributed by atoms with Crippen molar-refractivity contribution >= 4 is 17.2 Å². The van der Waals surface area contributed by atoms with Crippen LogP contribution in [0, 0.1) is 13.8 Å². The van der Waals surface area contributed by atoms with Crippen molar-refractivity contribution in [3.63, 3.8) is 0 Å². The van der Waals surface area contributed by atoms with Gasteiger partial charge in [0.25, 0.3) is 0 Å². The van der Waals surface area contributed by atoms with Crippen molar-refractivity contribution in [3.8, 4) is 11.6 Å². The van der Waals surface area contributed by atoms with E-state index in [4.69, 9.17) is 22.7 Å². The molecular formula is C16H21N3OS. The van der Waals surface area contributed by atoms with Crippen LogP contribution in [0.15, 0.2) is 18.2 Å². The Morgan fingerprint density at radius 1 is 1.33 bits per heavy atom. The van der Waals surface area contributed by atoms with Crippen LogP contribution in [0.1, 0.15) is 42.1 Å². The SMILES string of the molecule is Cc1ccc(C(C)C)cc1Oc1c(C(N)=S)c(C)nn1C. The molecule has 0 aliphatic heterocycles. The molecule has 2 rings (SSSR count). The van der Waals surface area contributed by atoms with Gasteiger partial charge in [-0.3, -0.25) is 0 Å². The molecule has 0 unspecified atom stereocenters. The molecular weight excluding hydrogens is 282 g/mol.